The van der Waals surface area contributed by atoms with Crippen LogP contribution in [-0.4, -0.2) is 30.9 Å². The molecule has 1 aromatic rings. The van der Waals surface area contributed by atoms with E-state index in [9.17, 15) is 5.11 Å². The van der Waals surface area contributed by atoms with E-state index in [0.717, 1.165) is 18.7 Å². The van der Waals surface area contributed by atoms with Crippen molar-refractivity contribution in [2.24, 2.45) is 0 Å². The summed E-state index contributed by atoms with van der Waals surface area (Å²) in [6, 6.07) is 7.98. The molecule has 16 heavy (non-hydrogen) atoms. The van der Waals surface area contributed by atoms with E-state index in [1.807, 2.05) is 31.2 Å². The van der Waals surface area contributed by atoms with Crippen molar-refractivity contribution in [3.63, 3.8) is 0 Å². The van der Waals surface area contributed by atoms with Gasteiger partial charge in [0.2, 0.25) is 0 Å². The third-order valence-electron chi connectivity index (χ3n) is 2.40. The first-order valence-corrected chi connectivity index (χ1v) is 5.86. The van der Waals surface area contributed by atoms with Crippen molar-refractivity contribution in [3.8, 4) is 5.75 Å². The second-order valence-electron chi connectivity index (χ2n) is 3.77. The molecule has 0 spiro atoms. The molecule has 3 nitrogen and oxygen atoms in total. The normalized spacial score (nSPS) is 12.4. The van der Waals surface area contributed by atoms with Crippen molar-refractivity contribution < 1.29 is 9.84 Å². The highest BCUT2D eigenvalue weighted by atomic mass is 16.5. The number of aryl methyl sites for hydroxylation is 1. The summed E-state index contributed by atoms with van der Waals surface area (Å²) in [5, 5.41) is 12.6. The molecule has 1 unspecified atom stereocenters. The molecular weight excluding hydrogens is 202 g/mol. The summed E-state index contributed by atoms with van der Waals surface area (Å²) in [5.74, 6) is 0.813. The minimum Gasteiger partial charge on any atom is -0.491 e. The summed E-state index contributed by atoms with van der Waals surface area (Å²) in [6.45, 7) is 5.90. The Hall–Kier alpha value is -1.06. The Morgan fingerprint density at radius 1 is 1.25 bits per heavy atom. The molecule has 0 fully saturated rings. The Kier molecular flexibility index (Phi) is 5.90. The van der Waals surface area contributed by atoms with Crippen LogP contribution in [0.3, 0.4) is 0 Å². The number of rotatable bonds is 7. The lowest BCUT2D eigenvalue weighted by molar-refractivity contribution is 0.107. The van der Waals surface area contributed by atoms with Crippen molar-refractivity contribution in [1.82, 2.24) is 5.32 Å². The lowest BCUT2D eigenvalue weighted by atomic mass is 10.2. The van der Waals surface area contributed by atoms with E-state index in [2.05, 4.69) is 12.2 Å². The van der Waals surface area contributed by atoms with Crippen LogP contribution in [0, 0.1) is 0 Å². The molecule has 0 saturated heterocycles. The topological polar surface area (TPSA) is 41.5 Å². The molecule has 0 aliphatic heterocycles. The number of ether oxygens (including phenoxy) is 1. The SMILES string of the molecule is CCNCC(O)COc1ccc(CC)cc1. The third kappa shape index (κ3) is 4.64. The smallest absolute Gasteiger partial charge is 0.119 e. The van der Waals surface area contributed by atoms with Gasteiger partial charge in [-0.1, -0.05) is 26.0 Å². The van der Waals surface area contributed by atoms with E-state index in [0.29, 0.717) is 13.2 Å². The van der Waals surface area contributed by atoms with Gasteiger partial charge in [0.1, 0.15) is 18.5 Å². The van der Waals surface area contributed by atoms with Crippen LogP contribution in [0.2, 0.25) is 0 Å². The first-order chi connectivity index (χ1) is 7.76. The number of nitrogens with one attached hydrogen (secondary N) is 1. The number of aliphatic hydroxyl groups is 1. The Balaban J connectivity index is 2.30. The molecule has 0 heterocycles. The maximum absolute atomic E-state index is 9.55. The first-order valence-electron chi connectivity index (χ1n) is 5.86. The van der Waals surface area contributed by atoms with Crippen LogP contribution >= 0.6 is 0 Å². The zero-order valence-electron chi connectivity index (χ0n) is 10.1. The first kappa shape index (κ1) is 13.0. The highest BCUT2D eigenvalue weighted by Gasteiger charge is 2.03. The molecule has 0 aliphatic carbocycles. The van der Waals surface area contributed by atoms with Crippen molar-refractivity contribution >= 4 is 0 Å². The van der Waals surface area contributed by atoms with Crippen LogP contribution < -0.4 is 10.1 Å². The van der Waals surface area contributed by atoms with Gasteiger partial charge in [-0.05, 0) is 30.7 Å². The molecule has 0 amide bonds. The minimum atomic E-state index is -0.453. The molecule has 0 radical (unpaired) electrons. The molecule has 2 N–H and O–H groups in total. The van der Waals surface area contributed by atoms with E-state index in [-0.39, 0.29) is 0 Å². The van der Waals surface area contributed by atoms with Gasteiger partial charge in [-0.25, -0.2) is 0 Å². The molecule has 1 rings (SSSR count). The van der Waals surface area contributed by atoms with E-state index in [1.165, 1.54) is 5.56 Å². The fraction of sp³-hybridized carbons (Fsp3) is 0.538. The van der Waals surface area contributed by atoms with Crippen molar-refractivity contribution in [2.45, 2.75) is 26.4 Å². The minimum absolute atomic E-state index is 0.332. The second kappa shape index (κ2) is 7.25. The van der Waals surface area contributed by atoms with Gasteiger partial charge in [0, 0.05) is 6.54 Å². The molecule has 1 atom stereocenters. The maximum atomic E-state index is 9.55. The monoisotopic (exact) mass is 223 g/mol. The van der Waals surface area contributed by atoms with Crippen LogP contribution in [0.5, 0.6) is 5.75 Å². The van der Waals surface area contributed by atoms with Crippen LogP contribution in [0.4, 0.5) is 0 Å². The molecule has 3 heteroatoms. The van der Waals surface area contributed by atoms with Gasteiger partial charge >= 0.3 is 0 Å². The van der Waals surface area contributed by atoms with Crippen molar-refractivity contribution in [3.05, 3.63) is 29.8 Å². The largest absolute Gasteiger partial charge is 0.491 e. The predicted octanol–water partition coefficient (Wildman–Crippen LogP) is 1.60. The zero-order chi connectivity index (χ0) is 11.8. The van der Waals surface area contributed by atoms with E-state index >= 15 is 0 Å². The average molecular weight is 223 g/mol. The molecule has 0 saturated carbocycles. The van der Waals surface area contributed by atoms with E-state index in [1.54, 1.807) is 0 Å². The lowest BCUT2D eigenvalue weighted by Gasteiger charge is -2.12. The summed E-state index contributed by atoms with van der Waals surface area (Å²) in [4.78, 5) is 0. The van der Waals surface area contributed by atoms with E-state index < -0.39 is 6.10 Å². The molecule has 0 bridgehead atoms. The van der Waals surface area contributed by atoms with Gasteiger partial charge in [-0.3, -0.25) is 0 Å². The Bertz CT molecular complexity index is 284. The number of aliphatic hydroxyl groups excluding tert-OH is 1. The Labute approximate surface area is 97.4 Å². The van der Waals surface area contributed by atoms with Gasteiger partial charge in [0.05, 0.1) is 0 Å². The third-order valence-corrected chi connectivity index (χ3v) is 2.40. The van der Waals surface area contributed by atoms with E-state index in [4.69, 9.17) is 4.74 Å². The summed E-state index contributed by atoms with van der Waals surface area (Å²) in [7, 11) is 0. The molecule has 0 aromatic heterocycles. The average Bonchev–Trinajstić information content (AvgIpc) is 2.34. The lowest BCUT2D eigenvalue weighted by Crippen LogP contribution is -2.31. The fourth-order valence-electron chi connectivity index (χ4n) is 1.38. The summed E-state index contributed by atoms with van der Waals surface area (Å²) in [5.41, 5.74) is 1.29. The molecular formula is C13H21NO2. The van der Waals surface area contributed by atoms with Gasteiger partial charge in [0.15, 0.2) is 0 Å². The van der Waals surface area contributed by atoms with Gasteiger partial charge in [-0.15, -0.1) is 0 Å². The quantitative estimate of drug-likeness (QED) is 0.737. The summed E-state index contributed by atoms with van der Waals surface area (Å²) in [6.07, 6.45) is 0.578. The second-order valence-corrected chi connectivity index (χ2v) is 3.77. The van der Waals surface area contributed by atoms with Gasteiger partial charge in [0.25, 0.3) is 0 Å². The highest BCUT2D eigenvalue weighted by molar-refractivity contribution is 5.27. The molecule has 90 valence electrons. The molecule has 1 aromatic carbocycles. The van der Waals surface area contributed by atoms with Gasteiger partial charge in [-0.2, -0.15) is 0 Å². The van der Waals surface area contributed by atoms with Crippen LogP contribution in [0.15, 0.2) is 24.3 Å². The Morgan fingerprint density at radius 2 is 1.94 bits per heavy atom. The number of hydrogen-bond donors (Lipinski definition) is 2. The predicted molar refractivity (Wildman–Crippen MR) is 65.9 cm³/mol. The maximum Gasteiger partial charge on any atom is 0.119 e. The van der Waals surface area contributed by atoms with Crippen LogP contribution in [-0.2, 0) is 6.42 Å². The zero-order valence-corrected chi connectivity index (χ0v) is 10.1. The van der Waals surface area contributed by atoms with Gasteiger partial charge < -0.3 is 15.2 Å². The number of likely N-dealkylation sites (N-methyl/N-ethyl adjacent to an activating group) is 1. The number of benzene rings is 1. The standard InChI is InChI=1S/C13H21NO2/c1-3-11-5-7-13(8-6-11)16-10-12(15)9-14-4-2/h5-8,12,14-15H,3-4,9-10H2,1-2H3. The number of hydrogen-bond acceptors (Lipinski definition) is 3. The summed E-state index contributed by atoms with van der Waals surface area (Å²) >= 11 is 0. The van der Waals surface area contributed by atoms with Crippen LogP contribution in [0.1, 0.15) is 19.4 Å². The highest BCUT2D eigenvalue weighted by Crippen LogP contribution is 2.12. The van der Waals surface area contributed by atoms with Crippen molar-refractivity contribution in [1.29, 1.82) is 0 Å². The van der Waals surface area contributed by atoms with Crippen LogP contribution in [0.25, 0.3) is 0 Å². The summed E-state index contributed by atoms with van der Waals surface area (Å²) < 4.78 is 5.47. The van der Waals surface area contributed by atoms with Crippen molar-refractivity contribution in [2.75, 3.05) is 19.7 Å². The fourth-order valence-corrected chi connectivity index (χ4v) is 1.38. The Morgan fingerprint density at radius 3 is 2.50 bits per heavy atom. The molecule has 0 aliphatic rings.